The number of rotatable bonds is 5. The van der Waals surface area contributed by atoms with Gasteiger partial charge in [0.1, 0.15) is 0 Å². The first-order valence-electron chi connectivity index (χ1n) is 3.40. The zero-order chi connectivity index (χ0) is 7.11. The van der Waals surface area contributed by atoms with Crippen LogP contribution in [0.1, 0.15) is 26.7 Å². The van der Waals surface area contributed by atoms with Crippen LogP contribution in [0.2, 0.25) is 0 Å². The third kappa shape index (κ3) is 6.23. The normalized spacial score (nSPS) is 13.7. The summed E-state index contributed by atoms with van der Waals surface area (Å²) in [7, 11) is -1.09. The molecular formula is C6H15O2P. The lowest BCUT2D eigenvalue weighted by Gasteiger charge is -2.06. The Kier molecular flexibility index (Phi) is 6.72. The van der Waals surface area contributed by atoms with Crippen LogP contribution < -0.4 is 0 Å². The van der Waals surface area contributed by atoms with Crippen LogP contribution in [0.5, 0.6) is 0 Å². The lowest BCUT2D eigenvalue weighted by molar-refractivity contribution is 0.303. The minimum absolute atomic E-state index is 0.715. The summed E-state index contributed by atoms with van der Waals surface area (Å²) in [5.74, 6) is 0. The summed E-state index contributed by atoms with van der Waals surface area (Å²) in [5, 5.41) is 0. The van der Waals surface area contributed by atoms with Gasteiger partial charge in [0.25, 0.3) is 0 Å². The number of hydrogen-bond acceptors (Lipinski definition) is 2. The van der Waals surface area contributed by atoms with Crippen LogP contribution >= 0.6 is 8.38 Å². The average Bonchev–Trinajstić information content (AvgIpc) is 1.89. The molecular weight excluding hydrogens is 135 g/mol. The first kappa shape index (κ1) is 9.35. The monoisotopic (exact) mass is 150 g/mol. The highest BCUT2D eigenvalue weighted by molar-refractivity contribution is 7.46. The van der Waals surface area contributed by atoms with Gasteiger partial charge < -0.3 is 9.42 Å². The Morgan fingerprint density at radius 1 is 1.44 bits per heavy atom. The van der Waals surface area contributed by atoms with Crippen molar-refractivity contribution in [3.8, 4) is 0 Å². The molecule has 0 saturated carbocycles. The second-order valence-corrected chi connectivity index (χ2v) is 3.45. The molecule has 3 heteroatoms. The van der Waals surface area contributed by atoms with Gasteiger partial charge in [-0.3, -0.25) is 0 Å². The highest BCUT2D eigenvalue weighted by atomic mass is 31.2. The predicted molar refractivity (Wildman–Crippen MR) is 40.5 cm³/mol. The summed E-state index contributed by atoms with van der Waals surface area (Å²) in [6, 6.07) is 0. The molecule has 0 radical (unpaired) electrons. The van der Waals surface area contributed by atoms with E-state index in [1.807, 2.05) is 6.92 Å². The minimum atomic E-state index is -1.09. The van der Waals surface area contributed by atoms with Crippen molar-refractivity contribution >= 4 is 8.38 Å². The standard InChI is InChI=1S/C6H15O2P/c1-3-5-6-8-9(7)4-2/h7H,3-6H2,1-2H3. The quantitative estimate of drug-likeness (QED) is 0.480. The summed E-state index contributed by atoms with van der Waals surface area (Å²) in [6.07, 6.45) is 2.94. The first-order chi connectivity index (χ1) is 4.31. The first-order valence-corrected chi connectivity index (χ1v) is 4.80. The van der Waals surface area contributed by atoms with Gasteiger partial charge >= 0.3 is 0 Å². The van der Waals surface area contributed by atoms with Crippen molar-refractivity contribution in [2.24, 2.45) is 0 Å². The maximum Gasteiger partial charge on any atom is 0.167 e. The van der Waals surface area contributed by atoms with Gasteiger partial charge in [0.2, 0.25) is 0 Å². The fourth-order valence-corrected chi connectivity index (χ4v) is 0.928. The van der Waals surface area contributed by atoms with Crippen molar-refractivity contribution < 1.29 is 9.42 Å². The Hall–Kier alpha value is 0.350. The van der Waals surface area contributed by atoms with Gasteiger partial charge in [-0.05, 0) is 6.42 Å². The second-order valence-electron chi connectivity index (χ2n) is 1.86. The van der Waals surface area contributed by atoms with Gasteiger partial charge in [0.05, 0.1) is 6.61 Å². The van der Waals surface area contributed by atoms with Gasteiger partial charge in [-0.15, -0.1) is 0 Å². The van der Waals surface area contributed by atoms with E-state index < -0.39 is 8.38 Å². The highest BCUT2D eigenvalue weighted by Crippen LogP contribution is 2.29. The molecule has 0 heterocycles. The molecule has 0 amide bonds. The van der Waals surface area contributed by atoms with Crippen molar-refractivity contribution in [2.45, 2.75) is 26.7 Å². The molecule has 0 rings (SSSR count). The Balaban J connectivity index is 2.88. The van der Waals surface area contributed by atoms with E-state index in [0.29, 0.717) is 6.61 Å². The Bertz CT molecular complexity index is 59.0. The molecule has 1 unspecified atom stereocenters. The van der Waals surface area contributed by atoms with E-state index in [9.17, 15) is 0 Å². The third-order valence-electron chi connectivity index (χ3n) is 1.01. The van der Waals surface area contributed by atoms with Gasteiger partial charge in [-0.2, -0.15) is 0 Å². The Labute approximate surface area is 58.1 Å². The van der Waals surface area contributed by atoms with E-state index in [-0.39, 0.29) is 0 Å². The van der Waals surface area contributed by atoms with Crippen LogP contribution in [0.25, 0.3) is 0 Å². The van der Waals surface area contributed by atoms with Crippen molar-refractivity contribution in [1.29, 1.82) is 0 Å². The van der Waals surface area contributed by atoms with Crippen molar-refractivity contribution in [3.63, 3.8) is 0 Å². The van der Waals surface area contributed by atoms with E-state index in [0.717, 1.165) is 19.0 Å². The maximum atomic E-state index is 8.93. The number of hydrogen-bond donors (Lipinski definition) is 1. The van der Waals surface area contributed by atoms with Crippen LogP contribution in [0, 0.1) is 0 Å². The summed E-state index contributed by atoms with van der Waals surface area (Å²) in [4.78, 5) is 8.93. The summed E-state index contributed by atoms with van der Waals surface area (Å²) in [5.41, 5.74) is 0. The molecule has 1 N–H and O–H groups in total. The van der Waals surface area contributed by atoms with Crippen LogP contribution in [0.15, 0.2) is 0 Å². The molecule has 1 atom stereocenters. The molecule has 0 aromatic rings. The predicted octanol–water partition coefficient (Wildman–Crippen LogP) is 2.13. The molecule has 56 valence electrons. The summed E-state index contributed by atoms with van der Waals surface area (Å²) in [6.45, 7) is 4.75. The van der Waals surface area contributed by atoms with E-state index in [1.54, 1.807) is 0 Å². The Morgan fingerprint density at radius 2 is 2.11 bits per heavy atom. The lowest BCUT2D eigenvalue weighted by atomic mass is 10.4. The van der Waals surface area contributed by atoms with Gasteiger partial charge in [-0.25, -0.2) is 0 Å². The van der Waals surface area contributed by atoms with Crippen LogP contribution in [0.3, 0.4) is 0 Å². The van der Waals surface area contributed by atoms with Crippen molar-refractivity contribution in [3.05, 3.63) is 0 Å². The minimum Gasteiger partial charge on any atom is -0.350 e. The smallest absolute Gasteiger partial charge is 0.167 e. The zero-order valence-corrected chi connectivity index (χ0v) is 7.03. The molecule has 0 spiro atoms. The molecule has 0 saturated heterocycles. The maximum absolute atomic E-state index is 8.93. The zero-order valence-electron chi connectivity index (χ0n) is 6.13. The largest absolute Gasteiger partial charge is 0.350 e. The van der Waals surface area contributed by atoms with Crippen molar-refractivity contribution in [2.75, 3.05) is 12.8 Å². The van der Waals surface area contributed by atoms with Crippen LogP contribution in [0.4, 0.5) is 0 Å². The molecule has 0 aromatic heterocycles. The molecule has 9 heavy (non-hydrogen) atoms. The van der Waals surface area contributed by atoms with Crippen LogP contribution in [-0.2, 0) is 4.52 Å². The van der Waals surface area contributed by atoms with Crippen LogP contribution in [-0.4, -0.2) is 17.7 Å². The van der Waals surface area contributed by atoms with Crippen molar-refractivity contribution in [1.82, 2.24) is 0 Å². The number of unbranched alkanes of at least 4 members (excludes halogenated alkanes) is 1. The molecule has 0 aromatic carbocycles. The fourth-order valence-electron chi connectivity index (χ4n) is 0.406. The van der Waals surface area contributed by atoms with Gasteiger partial charge in [0.15, 0.2) is 8.38 Å². The molecule has 0 bridgehead atoms. The molecule has 0 aliphatic carbocycles. The topological polar surface area (TPSA) is 29.5 Å². The second kappa shape index (κ2) is 6.47. The summed E-state index contributed by atoms with van der Waals surface area (Å²) < 4.78 is 5.05. The molecule has 0 aliphatic rings. The van der Waals surface area contributed by atoms with E-state index >= 15 is 0 Å². The van der Waals surface area contributed by atoms with E-state index in [4.69, 9.17) is 9.42 Å². The Morgan fingerprint density at radius 3 is 2.56 bits per heavy atom. The third-order valence-corrected chi connectivity index (χ3v) is 2.03. The van der Waals surface area contributed by atoms with Gasteiger partial charge in [-0.1, -0.05) is 20.3 Å². The molecule has 0 aliphatic heterocycles. The fraction of sp³-hybridized carbons (Fsp3) is 1.00. The average molecular weight is 150 g/mol. The van der Waals surface area contributed by atoms with E-state index in [1.165, 1.54) is 0 Å². The molecule has 0 fully saturated rings. The van der Waals surface area contributed by atoms with E-state index in [2.05, 4.69) is 6.92 Å². The lowest BCUT2D eigenvalue weighted by Crippen LogP contribution is -1.89. The summed E-state index contributed by atoms with van der Waals surface area (Å²) >= 11 is 0. The van der Waals surface area contributed by atoms with Gasteiger partial charge in [0, 0.05) is 6.16 Å². The highest BCUT2D eigenvalue weighted by Gasteiger charge is 1.97. The molecule has 2 nitrogen and oxygen atoms in total. The SMILES string of the molecule is CCCCOP(O)CC.